The summed E-state index contributed by atoms with van der Waals surface area (Å²) in [5.41, 5.74) is 7.20. The normalized spacial score (nSPS) is 11.5. The number of nitrogens with one attached hydrogen (secondary N) is 2. The van der Waals surface area contributed by atoms with E-state index in [0.717, 1.165) is 16.5 Å². The maximum Gasteiger partial charge on any atom is 0.257 e. The highest BCUT2D eigenvalue weighted by molar-refractivity contribution is 6.34. The molecule has 0 spiro atoms. The number of rotatable bonds is 6. The van der Waals surface area contributed by atoms with Crippen LogP contribution >= 0.6 is 11.6 Å². The van der Waals surface area contributed by atoms with Gasteiger partial charge < -0.3 is 10.6 Å². The third-order valence-electron chi connectivity index (χ3n) is 6.49. The summed E-state index contributed by atoms with van der Waals surface area (Å²) < 4.78 is 1.96. The Morgan fingerprint density at radius 2 is 1.70 bits per heavy atom. The molecule has 0 atom stereocenters. The van der Waals surface area contributed by atoms with Crippen LogP contribution in [-0.2, 0) is 17.9 Å². The molecule has 3 aromatic carbocycles. The number of fused-ring (bicyclic) bond motifs is 1. The van der Waals surface area contributed by atoms with Crippen LogP contribution in [0.15, 0.2) is 54.7 Å². The largest absolute Gasteiger partial charge is 0.352 e. The number of hydrogen-bond donors (Lipinski definition) is 2. The Balaban J connectivity index is 1.56. The molecule has 6 nitrogen and oxygen atoms in total. The fourth-order valence-corrected chi connectivity index (χ4v) is 4.64. The van der Waals surface area contributed by atoms with Gasteiger partial charge in [-0.3, -0.25) is 14.3 Å². The van der Waals surface area contributed by atoms with Crippen LogP contribution in [0, 0.1) is 26.2 Å². The SMILES string of the molecule is Cc1cc(C)c(Cn2ncc3c(NC(=O)c4cc(CNC(=O)C(C)(C)C)ccc4Cl)cccc32)c(C)c1. The smallest absolute Gasteiger partial charge is 0.257 e. The van der Waals surface area contributed by atoms with Crippen molar-refractivity contribution in [2.45, 2.75) is 54.6 Å². The molecule has 0 bridgehead atoms. The second kappa shape index (κ2) is 10.4. The summed E-state index contributed by atoms with van der Waals surface area (Å²) >= 11 is 6.38. The van der Waals surface area contributed by atoms with E-state index in [2.05, 4.69) is 48.6 Å². The van der Waals surface area contributed by atoms with Crippen molar-refractivity contribution < 1.29 is 9.59 Å². The Morgan fingerprint density at radius 3 is 2.38 bits per heavy atom. The first-order valence-electron chi connectivity index (χ1n) is 12.3. The van der Waals surface area contributed by atoms with Gasteiger partial charge in [0.2, 0.25) is 5.91 Å². The Hall–Kier alpha value is -3.64. The Labute approximate surface area is 223 Å². The maximum atomic E-state index is 13.2. The molecule has 1 heterocycles. The lowest BCUT2D eigenvalue weighted by atomic mass is 9.95. The van der Waals surface area contributed by atoms with E-state index in [1.165, 1.54) is 22.3 Å². The van der Waals surface area contributed by atoms with Gasteiger partial charge in [0.15, 0.2) is 0 Å². The van der Waals surface area contributed by atoms with E-state index >= 15 is 0 Å². The Kier molecular flexibility index (Phi) is 7.42. The van der Waals surface area contributed by atoms with Gasteiger partial charge in [0, 0.05) is 17.3 Å². The fraction of sp³-hybridized carbons (Fsp3) is 0.300. The zero-order valence-corrected chi connectivity index (χ0v) is 23.0. The lowest BCUT2D eigenvalue weighted by Gasteiger charge is -2.18. The monoisotopic (exact) mass is 516 g/mol. The molecule has 4 rings (SSSR count). The van der Waals surface area contributed by atoms with Gasteiger partial charge in [0.05, 0.1) is 34.5 Å². The molecule has 192 valence electrons. The molecule has 2 N–H and O–H groups in total. The topological polar surface area (TPSA) is 76.0 Å². The number of hydrogen-bond acceptors (Lipinski definition) is 3. The summed E-state index contributed by atoms with van der Waals surface area (Å²) in [7, 11) is 0. The van der Waals surface area contributed by atoms with Gasteiger partial charge >= 0.3 is 0 Å². The first-order valence-corrected chi connectivity index (χ1v) is 12.7. The molecule has 0 saturated heterocycles. The predicted octanol–water partition coefficient (Wildman–Crippen LogP) is 6.58. The molecule has 0 fully saturated rings. The van der Waals surface area contributed by atoms with E-state index in [4.69, 9.17) is 11.6 Å². The van der Waals surface area contributed by atoms with Crippen molar-refractivity contribution in [2.24, 2.45) is 5.41 Å². The lowest BCUT2D eigenvalue weighted by molar-refractivity contribution is -0.128. The van der Waals surface area contributed by atoms with E-state index in [-0.39, 0.29) is 11.8 Å². The van der Waals surface area contributed by atoms with E-state index in [9.17, 15) is 9.59 Å². The number of carbonyl (C=O) groups is 2. The van der Waals surface area contributed by atoms with Gasteiger partial charge in [0.1, 0.15) is 0 Å². The van der Waals surface area contributed by atoms with Crippen molar-refractivity contribution >= 4 is 40.0 Å². The summed E-state index contributed by atoms with van der Waals surface area (Å²) in [4.78, 5) is 25.5. The number of halogens is 1. The fourth-order valence-electron chi connectivity index (χ4n) is 4.44. The molecule has 4 aromatic rings. The number of benzene rings is 3. The molecule has 1 aromatic heterocycles. The number of nitrogens with zero attached hydrogens (tertiary/aromatic N) is 2. The summed E-state index contributed by atoms with van der Waals surface area (Å²) in [5.74, 6) is -0.382. The van der Waals surface area contributed by atoms with Gasteiger partial charge in [-0.05, 0) is 67.3 Å². The van der Waals surface area contributed by atoms with Crippen LogP contribution in [0.2, 0.25) is 5.02 Å². The van der Waals surface area contributed by atoms with Gasteiger partial charge in [-0.15, -0.1) is 0 Å². The number of aryl methyl sites for hydroxylation is 3. The zero-order valence-electron chi connectivity index (χ0n) is 22.2. The van der Waals surface area contributed by atoms with Crippen molar-refractivity contribution in [2.75, 3.05) is 5.32 Å². The van der Waals surface area contributed by atoms with Gasteiger partial charge in [-0.25, -0.2) is 0 Å². The standard InChI is InChI=1S/C30H33ClN4O2/c1-18-12-19(2)24(20(3)13-18)17-35-27-9-7-8-26(23(27)16-33-35)34-28(36)22-14-21(10-11-25(22)31)15-32-29(37)30(4,5)6/h7-14,16H,15,17H2,1-6H3,(H,32,37)(H,34,36). The molecule has 0 saturated carbocycles. The summed E-state index contributed by atoms with van der Waals surface area (Å²) in [6, 6.07) is 15.3. The van der Waals surface area contributed by atoms with Crippen molar-refractivity contribution in [1.29, 1.82) is 0 Å². The quantitative estimate of drug-likeness (QED) is 0.304. The Bertz CT molecular complexity index is 1470. The van der Waals surface area contributed by atoms with E-state index < -0.39 is 5.41 Å². The highest BCUT2D eigenvalue weighted by atomic mass is 35.5. The van der Waals surface area contributed by atoms with Crippen molar-refractivity contribution in [3.8, 4) is 0 Å². The van der Waals surface area contributed by atoms with Crippen LogP contribution in [0.3, 0.4) is 0 Å². The average molecular weight is 517 g/mol. The third-order valence-corrected chi connectivity index (χ3v) is 6.82. The maximum absolute atomic E-state index is 13.2. The van der Waals surface area contributed by atoms with Crippen LogP contribution in [0.4, 0.5) is 5.69 Å². The highest BCUT2D eigenvalue weighted by Gasteiger charge is 2.21. The molecule has 0 aliphatic rings. The second-order valence-electron chi connectivity index (χ2n) is 10.6. The van der Waals surface area contributed by atoms with Crippen LogP contribution < -0.4 is 10.6 Å². The first-order chi connectivity index (χ1) is 17.4. The number of carbonyl (C=O) groups excluding carboxylic acids is 2. The molecule has 37 heavy (non-hydrogen) atoms. The van der Waals surface area contributed by atoms with E-state index in [0.29, 0.717) is 29.4 Å². The minimum atomic E-state index is -0.493. The van der Waals surface area contributed by atoms with Crippen LogP contribution in [0.25, 0.3) is 10.9 Å². The van der Waals surface area contributed by atoms with Gasteiger partial charge in [-0.1, -0.05) is 62.2 Å². The molecule has 0 unspecified atom stereocenters. The number of aromatic nitrogens is 2. The minimum Gasteiger partial charge on any atom is -0.352 e. The van der Waals surface area contributed by atoms with Crippen LogP contribution in [0.1, 0.15) is 58.9 Å². The van der Waals surface area contributed by atoms with E-state index in [1.54, 1.807) is 18.3 Å². The summed E-state index contributed by atoms with van der Waals surface area (Å²) in [6.07, 6.45) is 1.78. The van der Waals surface area contributed by atoms with Crippen molar-refractivity contribution in [1.82, 2.24) is 15.1 Å². The van der Waals surface area contributed by atoms with Crippen molar-refractivity contribution in [3.63, 3.8) is 0 Å². The summed E-state index contributed by atoms with van der Waals surface area (Å²) in [6.45, 7) is 12.9. The molecule has 0 radical (unpaired) electrons. The molecule has 0 aliphatic carbocycles. The lowest BCUT2D eigenvalue weighted by Crippen LogP contribution is -2.34. The zero-order chi connectivity index (χ0) is 26.9. The minimum absolute atomic E-state index is 0.0619. The second-order valence-corrected chi connectivity index (χ2v) is 11.0. The average Bonchev–Trinajstić information content (AvgIpc) is 3.23. The molecular weight excluding hydrogens is 484 g/mol. The predicted molar refractivity (Wildman–Crippen MR) is 150 cm³/mol. The number of amides is 2. The van der Waals surface area contributed by atoms with Crippen LogP contribution in [-0.4, -0.2) is 21.6 Å². The third kappa shape index (κ3) is 5.86. The molecule has 7 heteroatoms. The van der Waals surface area contributed by atoms with Crippen molar-refractivity contribution in [3.05, 3.63) is 93.1 Å². The van der Waals surface area contributed by atoms with E-state index in [1.807, 2.05) is 49.7 Å². The summed E-state index contributed by atoms with van der Waals surface area (Å²) in [5, 5.41) is 11.7. The number of anilines is 1. The first kappa shape index (κ1) is 26.4. The Morgan fingerprint density at radius 1 is 1.00 bits per heavy atom. The molecular formula is C30H33ClN4O2. The highest BCUT2D eigenvalue weighted by Crippen LogP contribution is 2.27. The van der Waals surface area contributed by atoms with Crippen LogP contribution in [0.5, 0.6) is 0 Å². The van der Waals surface area contributed by atoms with Gasteiger partial charge in [0.25, 0.3) is 5.91 Å². The van der Waals surface area contributed by atoms with Gasteiger partial charge in [-0.2, -0.15) is 5.10 Å². The molecule has 0 aliphatic heterocycles. The molecule has 2 amide bonds.